The number of benzene rings is 2. The van der Waals surface area contributed by atoms with E-state index in [2.05, 4.69) is 10.1 Å². The molecule has 24 heavy (non-hydrogen) atoms. The Morgan fingerprint density at radius 3 is 2.21 bits per heavy atom. The Morgan fingerprint density at radius 1 is 0.917 bits per heavy atom. The first-order chi connectivity index (χ1) is 11.3. The van der Waals surface area contributed by atoms with E-state index < -0.39 is 19.4 Å². The van der Waals surface area contributed by atoms with E-state index >= 15 is 0 Å². The van der Waals surface area contributed by atoms with Gasteiger partial charge in [0, 0.05) is 12.1 Å². The SMILES string of the molecule is FC(F)Oc1ccccc1CNc1ccccc1OCC(F)(F)F. The molecule has 0 fully saturated rings. The number of nitrogens with one attached hydrogen (secondary N) is 1. The Hall–Kier alpha value is -2.51. The number of hydrogen-bond donors (Lipinski definition) is 1. The zero-order valence-corrected chi connectivity index (χ0v) is 12.3. The number of ether oxygens (including phenoxy) is 2. The summed E-state index contributed by atoms with van der Waals surface area (Å²) in [5.41, 5.74) is 0.747. The third-order valence-electron chi connectivity index (χ3n) is 2.94. The van der Waals surface area contributed by atoms with Crippen molar-refractivity contribution in [2.24, 2.45) is 0 Å². The van der Waals surface area contributed by atoms with Gasteiger partial charge in [-0.2, -0.15) is 22.0 Å². The number of rotatable bonds is 7. The molecular formula is C16H14F5NO2. The molecule has 3 nitrogen and oxygen atoms in total. The average Bonchev–Trinajstić information content (AvgIpc) is 2.51. The van der Waals surface area contributed by atoms with E-state index in [9.17, 15) is 22.0 Å². The fourth-order valence-corrected chi connectivity index (χ4v) is 1.95. The van der Waals surface area contributed by atoms with E-state index in [4.69, 9.17) is 4.74 Å². The molecule has 1 N–H and O–H groups in total. The van der Waals surface area contributed by atoms with Crippen molar-refractivity contribution >= 4 is 5.69 Å². The molecule has 0 saturated carbocycles. The summed E-state index contributed by atoms with van der Waals surface area (Å²) < 4.78 is 70.7. The van der Waals surface area contributed by atoms with Crippen molar-refractivity contribution in [2.45, 2.75) is 19.3 Å². The normalized spacial score (nSPS) is 11.4. The minimum atomic E-state index is -4.45. The Kier molecular flexibility index (Phi) is 5.83. The van der Waals surface area contributed by atoms with Crippen LogP contribution in [0.4, 0.5) is 27.6 Å². The maximum absolute atomic E-state index is 12.4. The first kappa shape index (κ1) is 17.8. The molecule has 0 saturated heterocycles. The third kappa shape index (κ3) is 5.60. The lowest BCUT2D eigenvalue weighted by Gasteiger charge is -2.15. The fraction of sp³-hybridized carbons (Fsp3) is 0.250. The second-order valence-corrected chi connectivity index (χ2v) is 4.74. The van der Waals surface area contributed by atoms with E-state index in [1.807, 2.05) is 0 Å². The molecule has 0 aliphatic rings. The van der Waals surface area contributed by atoms with Crippen LogP contribution in [0.15, 0.2) is 48.5 Å². The van der Waals surface area contributed by atoms with Gasteiger partial charge in [0.25, 0.3) is 0 Å². The van der Waals surface area contributed by atoms with Crippen LogP contribution in [-0.4, -0.2) is 19.4 Å². The number of halogens is 5. The second kappa shape index (κ2) is 7.85. The Morgan fingerprint density at radius 2 is 1.54 bits per heavy atom. The predicted molar refractivity (Wildman–Crippen MR) is 78.4 cm³/mol. The highest BCUT2D eigenvalue weighted by atomic mass is 19.4. The van der Waals surface area contributed by atoms with Crippen molar-refractivity contribution in [3.8, 4) is 11.5 Å². The third-order valence-corrected chi connectivity index (χ3v) is 2.94. The summed E-state index contributed by atoms with van der Waals surface area (Å²) in [5.74, 6) is 0.00998. The minimum Gasteiger partial charge on any atom is -0.482 e. The van der Waals surface area contributed by atoms with Gasteiger partial charge in [0.05, 0.1) is 5.69 Å². The van der Waals surface area contributed by atoms with Crippen LogP contribution in [0.1, 0.15) is 5.56 Å². The molecule has 0 radical (unpaired) electrons. The Bertz CT molecular complexity index is 661. The molecule has 0 bridgehead atoms. The largest absolute Gasteiger partial charge is 0.482 e. The molecule has 130 valence electrons. The maximum atomic E-state index is 12.4. The zero-order chi connectivity index (χ0) is 17.6. The minimum absolute atomic E-state index is 0.00584. The molecule has 8 heteroatoms. The monoisotopic (exact) mass is 347 g/mol. The molecule has 2 aromatic carbocycles. The lowest BCUT2D eigenvalue weighted by molar-refractivity contribution is -0.153. The van der Waals surface area contributed by atoms with Crippen molar-refractivity contribution < 1.29 is 31.4 Å². The quantitative estimate of drug-likeness (QED) is 0.727. The summed E-state index contributed by atoms with van der Waals surface area (Å²) in [6.07, 6.45) is -4.45. The second-order valence-electron chi connectivity index (χ2n) is 4.74. The van der Waals surface area contributed by atoms with E-state index in [0.29, 0.717) is 11.3 Å². The van der Waals surface area contributed by atoms with Crippen LogP contribution in [0, 0.1) is 0 Å². The van der Waals surface area contributed by atoms with Crippen molar-refractivity contribution in [1.82, 2.24) is 0 Å². The van der Waals surface area contributed by atoms with Crippen molar-refractivity contribution in [2.75, 3.05) is 11.9 Å². The average molecular weight is 347 g/mol. The van der Waals surface area contributed by atoms with E-state index in [1.165, 1.54) is 24.3 Å². The molecule has 0 atom stereocenters. The predicted octanol–water partition coefficient (Wildman–Crippen LogP) is 4.84. The first-order valence-corrected chi connectivity index (χ1v) is 6.90. The van der Waals surface area contributed by atoms with E-state index in [0.717, 1.165) is 0 Å². The summed E-state index contributed by atoms with van der Waals surface area (Å²) >= 11 is 0. The van der Waals surface area contributed by atoms with Gasteiger partial charge < -0.3 is 14.8 Å². The van der Waals surface area contributed by atoms with Crippen LogP contribution < -0.4 is 14.8 Å². The smallest absolute Gasteiger partial charge is 0.422 e. The lowest BCUT2D eigenvalue weighted by Crippen LogP contribution is -2.19. The van der Waals surface area contributed by atoms with Gasteiger partial charge >= 0.3 is 12.8 Å². The first-order valence-electron chi connectivity index (χ1n) is 6.90. The molecular weight excluding hydrogens is 333 g/mol. The van der Waals surface area contributed by atoms with Crippen molar-refractivity contribution in [3.63, 3.8) is 0 Å². The Balaban J connectivity index is 2.07. The van der Waals surface area contributed by atoms with Gasteiger partial charge in [-0.1, -0.05) is 30.3 Å². The van der Waals surface area contributed by atoms with Crippen LogP contribution in [0.3, 0.4) is 0 Å². The highest BCUT2D eigenvalue weighted by Gasteiger charge is 2.28. The lowest BCUT2D eigenvalue weighted by atomic mass is 10.2. The zero-order valence-electron chi connectivity index (χ0n) is 12.3. The van der Waals surface area contributed by atoms with Crippen molar-refractivity contribution in [3.05, 3.63) is 54.1 Å². The van der Waals surface area contributed by atoms with Crippen LogP contribution >= 0.6 is 0 Å². The molecule has 0 aromatic heterocycles. The van der Waals surface area contributed by atoms with Crippen LogP contribution in [0.5, 0.6) is 11.5 Å². The van der Waals surface area contributed by atoms with Gasteiger partial charge in [-0.15, -0.1) is 0 Å². The summed E-state index contributed by atoms with van der Waals surface area (Å²) in [5, 5.41) is 2.86. The number of alkyl halides is 5. The Labute approximate surface area is 135 Å². The van der Waals surface area contributed by atoms with Gasteiger partial charge in [0.1, 0.15) is 11.5 Å². The molecule has 2 aromatic rings. The molecule has 0 unspecified atom stereocenters. The van der Waals surface area contributed by atoms with Gasteiger partial charge in [0.15, 0.2) is 6.61 Å². The summed E-state index contributed by atoms with van der Waals surface area (Å²) in [6.45, 7) is -4.31. The molecule has 0 aliphatic heterocycles. The maximum Gasteiger partial charge on any atom is 0.422 e. The standard InChI is InChI=1S/C16H14F5NO2/c17-15(18)24-13-7-3-1-5-11(13)9-22-12-6-2-4-8-14(12)23-10-16(19,20)21/h1-8,15,22H,9-10H2. The molecule has 0 amide bonds. The van der Waals surface area contributed by atoms with Gasteiger partial charge in [-0.3, -0.25) is 0 Å². The van der Waals surface area contributed by atoms with Gasteiger partial charge in [-0.05, 0) is 18.2 Å². The molecule has 0 aliphatic carbocycles. The molecule has 2 rings (SSSR count). The highest BCUT2D eigenvalue weighted by Crippen LogP contribution is 2.28. The number of para-hydroxylation sites is 3. The number of anilines is 1. The summed E-state index contributed by atoms with van der Waals surface area (Å²) in [7, 11) is 0. The van der Waals surface area contributed by atoms with Gasteiger partial charge in [0.2, 0.25) is 0 Å². The van der Waals surface area contributed by atoms with Gasteiger partial charge in [-0.25, -0.2) is 0 Å². The van der Waals surface area contributed by atoms with Crippen LogP contribution in [0.25, 0.3) is 0 Å². The topological polar surface area (TPSA) is 30.5 Å². The van der Waals surface area contributed by atoms with E-state index in [1.54, 1.807) is 24.3 Å². The van der Waals surface area contributed by atoms with Crippen LogP contribution in [0.2, 0.25) is 0 Å². The van der Waals surface area contributed by atoms with Crippen LogP contribution in [-0.2, 0) is 6.54 Å². The summed E-state index contributed by atoms with van der Waals surface area (Å²) in [6, 6.07) is 12.2. The molecule has 0 heterocycles. The number of hydrogen-bond acceptors (Lipinski definition) is 3. The van der Waals surface area contributed by atoms with Crippen molar-refractivity contribution in [1.29, 1.82) is 0 Å². The van der Waals surface area contributed by atoms with E-state index in [-0.39, 0.29) is 18.0 Å². The highest BCUT2D eigenvalue weighted by molar-refractivity contribution is 5.56. The summed E-state index contributed by atoms with van der Waals surface area (Å²) in [4.78, 5) is 0. The molecule has 0 spiro atoms. The fourth-order valence-electron chi connectivity index (χ4n) is 1.95.